The van der Waals surface area contributed by atoms with E-state index in [1.165, 1.54) is 16.0 Å². The molecule has 1 aromatic carbocycles. The molecule has 1 aromatic rings. The summed E-state index contributed by atoms with van der Waals surface area (Å²) in [5, 5.41) is 5.86. The Bertz CT molecular complexity index is 893. The molecule has 3 heterocycles. The predicted octanol–water partition coefficient (Wildman–Crippen LogP) is 1.83. The lowest BCUT2D eigenvalue weighted by Gasteiger charge is -2.34. The molecule has 0 bridgehead atoms. The van der Waals surface area contributed by atoms with Crippen LogP contribution in [0.25, 0.3) is 0 Å². The Morgan fingerprint density at radius 2 is 1.96 bits per heavy atom. The zero-order valence-corrected chi connectivity index (χ0v) is 16.7. The van der Waals surface area contributed by atoms with Gasteiger partial charge in [0.1, 0.15) is 0 Å². The maximum Gasteiger partial charge on any atom is 0.325 e. The summed E-state index contributed by atoms with van der Waals surface area (Å²) in [5.74, 6) is 0.449. The maximum atomic E-state index is 12.3. The molecular formula is C20H26N6O2. The summed E-state index contributed by atoms with van der Waals surface area (Å²) in [6.07, 6.45) is 2.39. The lowest BCUT2D eigenvalue weighted by molar-refractivity contribution is -0.126. The first-order valence-corrected chi connectivity index (χ1v) is 9.57. The van der Waals surface area contributed by atoms with Crippen molar-refractivity contribution in [2.75, 3.05) is 25.5 Å². The Labute approximate surface area is 164 Å². The smallest absolute Gasteiger partial charge is 0.325 e. The van der Waals surface area contributed by atoms with Gasteiger partial charge >= 0.3 is 6.03 Å². The molecule has 3 amide bonds. The Morgan fingerprint density at radius 1 is 1.18 bits per heavy atom. The summed E-state index contributed by atoms with van der Waals surface area (Å²) in [5.41, 5.74) is 4.74. The van der Waals surface area contributed by atoms with Crippen molar-refractivity contribution in [2.45, 2.75) is 39.4 Å². The van der Waals surface area contributed by atoms with Crippen molar-refractivity contribution in [2.24, 2.45) is 4.99 Å². The number of anilines is 1. The molecule has 0 saturated carbocycles. The third-order valence-corrected chi connectivity index (χ3v) is 5.66. The summed E-state index contributed by atoms with van der Waals surface area (Å²) in [4.78, 5) is 34.4. The highest BCUT2D eigenvalue weighted by Gasteiger charge is 2.51. The zero-order valence-electron chi connectivity index (χ0n) is 16.7. The van der Waals surface area contributed by atoms with E-state index in [1.54, 1.807) is 7.05 Å². The van der Waals surface area contributed by atoms with Crippen LogP contribution in [0.4, 0.5) is 10.5 Å². The molecule has 1 saturated heterocycles. The molecule has 8 nitrogen and oxygen atoms in total. The number of allylic oxidation sites excluding steroid dienone is 1. The third-order valence-electron chi connectivity index (χ3n) is 5.66. The van der Waals surface area contributed by atoms with Gasteiger partial charge in [0.15, 0.2) is 12.2 Å². The fraction of sp³-hybridized carbons (Fsp3) is 0.450. The summed E-state index contributed by atoms with van der Waals surface area (Å²) in [7, 11) is 1.67. The molecule has 2 unspecified atom stereocenters. The molecule has 0 aromatic heterocycles. The Kier molecular flexibility index (Phi) is 4.49. The minimum absolute atomic E-state index is 0.297. The van der Waals surface area contributed by atoms with Gasteiger partial charge in [0.2, 0.25) is 5.96 Å². The zero-order chi connectivity index (χ0) is 20.0. The quantitative estimate of drug-likeness (QED) is 0.760. The number of aryl methyl sites for hydroxylation is 2. The van der Waals surface area contributed by atoms with E-state index in [2.05, 4.69) is 52.6 Å². The van der Waals surface area contributed by atoms with Gasteiger partial charge in [-0.25, -0.2) is 9.79 Å². The average Bonchev–Trinajstić information content (AvgIpc) is 3.15. The van der Waals surface area contributed by atoms with E-state index in [1.807, 2.05) is 18.0 Å². The second-order valence-electron chi connectivity index (χ2n) is 7.60. The summed E-state index contributed by atoms with van der Waals surface area (Å²) in [6.45, 7) is 7.86. The Hall–Kier alpha value is -3.03. The van der Waals surface area contributed by atoms with Gasteiger partial charge in [-0.05, 0) is 50.5 Å². The van der Waals surface area contributed by atoms with Crippen LogP contribution in [0.2, 0.25) is 0 Å². The highest BCUT2D eigenvalue weighted by atomic mass is 16.2. The lowest BCUT2D eigenvalue weighted by Crippen LogP contribution is -2.62. The minimum Gasteiger partial charge on any atom is -0.385 e. The molecule has 3 aliphatic rings. The average molecular weight is 382 g/mol. The lowest BCUT2D eigenvalue weighted by atomic mass is 10.1. The number of amides is 3. The number of nitrogens with zero attached hydrogens (tertiary/aromatic N) is 4. The van der Waals surface area contributed by atoms with E-state index in [4.69, 9.17) is 0 Å². The van der Waals surface area contributed by atoms with Gasteiger partial charge in [-0.2, -0.15) is 0 Å². The molecule has 1 fully saturated rings. The fourth-order valence-corrected chi connectivity index (χ4v) is 3.84. The molecule has 4 rings (SSSR count). The first kappa shape index (κ1) is 18.3. The monoisotopic (exact) mass is 382 g/mol. The van der Waals surface area contributed by atoms with Crippen molar-refractivity contribution in [3.63, 3.8) is 0 Å². The number of aliphatic imine (C=N–C) groups is 1. The number of nitrogens with one attached hydrogen (secondary N) is 2. The van der Waals surface area contributed by atoms with E-state index in [-0.39, 0.29) is 5.91 Å². The van der Waals surface area contributed by atoms with Crippen LogP contribution in [0.15, 0.2) is 35.1 Å². The number of carbonyl (C=O) groups is 2. The Balaban J connectivity index is 1.39. The van der Waals surface area contributed by atoms with Crippen molar-refractivity contribution in [3.8, 4) is 0 Å². The van der Waals surface area contributed by atoms with Crippen LogP contribution in [0.1, 0.15) is 24.5 Å². The second-order valence-corrected chi connectivity index (χ2v) is 7.60. The topological polar surface area (TPSA) is 80.3 Å². The number of benzene rings is 1. The van der Waals surface area contributed by atoms with Crippen molar-refractivity contribution >= 4 is 23.6 Å². The molecule has 3 aliphatic heterocycles. The molecule has 148 valence electrons. The number of hydrogen-bond acceptors (Lipinski definition) is 6. The van der Waals surface area contributed by atoms with Crippen LogP contribution in [0.5, 0.6) is 0 Å². The van der Waals surface area contributed by atoms with Gasteiger partial charge in [-0.15, -0.1) is 0 Å². The van der Waals surface area contributed by atoms with Crippen LogP contribution in [0.3, 0.4) is 0 Å². The Morgan fingerprint density at radius 3 is 2.71 bits per heavy atom. The van der Waals surface area contributed by atoms with E-state index >= 15 is 0 Å². The van der Waals surface area contributed by atoms with Gasteiger partial charge in [0.25, 0.3) is 5.91 Å². The SMILES string of the molecule is CC1=CN2C(=NC3C2C(=O)NC(=O)N3C)N1CCCNc1ccc(C)c(C)c1. The molecule has 8 heteroatoms. The first-order chi connectivity index (χ1) is 13.4. The van der Waals surface area contributed by atoms with E-state index in [9.17, 15) is 9.59 Å². The van der Waals surface area contributed by atoms with E-state index in [0.717, 1.165) is 36.9 Å². The first-order valence-electron chi connectivity index (χ1n) is 9.57. The molecule has 0 spiro atoms. The van der Waals surface area contributed by atoms with Crippen LogP contribution in [-0.2, 0) is 4.79 Å². The van der Waals surface area contributed by atoms with Crippen molar-refractivity contribution in [3.05, 3.63) is 41.2 Å². The molecule has 0 aliphatic carbocycles. The van der Waals surface area contributed by atoms with E-state index in [0.29, 0.717) is 0 Å². The molecule has 2 atom stereocenters. The number of guanidine groups is 1. The normalized spacial score (nSPS) is 23.4. The number of likely N-dealkylation sites (N-methyl/N-ethyl adjacent to an activating group) is 1. The third kappa shape index (κ3) is 2.98. The van der Waals surface area contributed by atoms with Gasteiger partial charge in [-0.1, -0.05) is 6.07 Å². The van der Waals surface area contributed by atoms with Gasteiger partial charge < -0.3 is 20.0 Å². The van der Waals surface area contributed by atoms with Gasteiger partial charge in [0.05, 0.1) is 0 Å². The number of urea groups is 1. The van der Waals surface area contributed by atoms with E-state index < -0.39 is 18.2 Å². The number of imide groups is 1. The maximum absolute atomic E-state index is 12.3. The van der Waals surface area contributed by atoms with Crippen molar-refractivity contribution < 1.29 is 9.59 Å². The molecule has 0 radical (unpaired) electrons. The van der Waals surface area contributed by atoms with Crippen LogP contribution in [-0.4, -0.2) is 64.9 Å². The summed E-state index contributed by atoms with van der Waals surface area (Å²) >= 11 is 0. The molecule has 2 N–H and O–H groups in total. The van der Waals surface area contributed by atoms with Crippen LogP contribution < -0.4 is 10.6 Å². The standard InChI is InChI=1S/C20H26N6O2/c1-12-6-7-15(10-13(12)2)21-8-5-9-25-14(3)11-26-16-17(22-19(25)26)24(4)20(28)23-18(16)27/h6-7,10-11,16-17,21H,5,8-9H2,1-4H3,(H,23,27,28). The van der Waals surface area contributed by atoms with Gasteiger partial charge in [-0.3, -0.25) is 10.1 Å². The number of fused-ring (bicyclic) bond motifs is 3. The highest BCUT2D eigenvalue weighted by Crippen LogP contribution is 2.31. The van der Waals surface area contributed by atoms with Crippen molar-refractivity contribution in [1.82, 2.24) is 20.0 Å². The number of rotatable bonds is 5. The molecule has 28 heavy (non-hydrogen) atoms. The van der Waals surface area contributed by atoms with Crippen LogP contribution in [0, 0.1) is 13.8 Å². The largest absolute Gasteiger partial charge is 0.385 e. The fourth-order valence-electron chi connectivity index (χ4n) is 3.84. The summed E-state index contributed by atoms with van der Waals surface area (Å²) in [6, 6.07) is 5.49. The minimum atomic E-state index is -0.494. The van der Waals surface area contributed by atoms with Gasteiger partial charge in [0, 0.05) is 37.7 Å². The summed E-state index contributed by atoms with van der Waals surface area (Å²) < 4.78 is 0. The number of hydrogen-bond donors (Lipinski definition) is 2. The van der Waals surface area contributed by atoms with Crippen molar-refractivity contribution in [1.29, 1.82) is 0 Å². The predicted molar refractivity (Wildman–Crippen MR) is 108 cm³/mol. The molecular weight excluding hydrogens is 356 g/mol. The highest BCUT2D eigenvalue weighted by molar-refractivity contribution is 6.04. The second kappa shape index (κ2) is 6.85. The number of carbonyl (C=O) groups excluding carboxylic acids is 2. The van der Waals surface area contributed by atoms with Crippen LogP contribution >= 0.6 is 0 Å².